The van der Waals surface area contributed by atoms with Crippen LogP contribution in [0.1, 0.15) is 36.6 Å². The van der Waals surface area contributed by atoms with Crippen LogP contribution in [0, 0.1) is 18.3 Å². The van der Waals surface area contributed by atoms with Gasteiger partial charge in [-0.1, -0.05) is 54.6 Å². The van der Waals surface area contributed by atoms with E-state index >= 15 is 0 Å². The fraction of sp³-hybridized carbons (Fsp3) is 0.214. The van der Waals surface area contributed by atoms with Gasteiger partial charge in [0, 0.05) is 28.9 Å². The molecule has 0 spiro atoms. The summed E-state index contributed by atoms with van der Waals surface area (Å²) in [6.45, 7) is 3.72. The molecule has 1 saturated carbocycles. The minimum absolute atomic E-state index is 0.508. The fourth-order valence-electron chi connectivity index (χ4n) is 5.42. The van der Waals surface area contributed by atoms with Gasteiger partial charge in [-0.3, -0.25) is 0 Å². The Morgan fingerprint density at radius 1 is 1.06 bits per heavy atom. The zero-order valence-corrected chi connectivity index (χ0v) is 19.5. The lowest BCUT2D eigenvalue weighted by atomic mass is 9.63. The van der Waals surface area contributed by atoms with E-state index in [1.54, 1.807) is 10.7 Å². The molecule has 0 saturated heterocycles. The van der Waals surface area contributed by atoms with Crippen molar-refractivity contribution in [2.75, 3.05) is 0 Å². The van der Waals surface area contributed by atoms with Crippen molar-refractivity contribution in [1.29, 1.82) is 5.26 Å². The molecule has 35 heavy (non-hydrogen) atoms. The van der Waals surface area contributed by atoms with Gasteiger partial charge in [0.1, 0.15) is 6.07 Å². The van der Waals surface area contributed by atoms with Gasteiger partial charge < -0.3 is 10.8 Å². The quantitative estimate of drug-likeness (QED) is 0.410. The molecule has 1 aliphatic carbocycles. The Hall–Kier alpha value is -4.12. The number of nitriles is 1. The number of benzene rings is 2. The average Bonchev–Trinajstić information content (AvgIpc) is 3.23. The zero-order chi connectivity index (χ0) is 24.4. The summed E-state index contributed by atoms with van der Waals surface area (Å²) >= 11 is 0. The molecule has 3 N–H and O–H groups in total. The van der Waals surface area contributed by atoms with Crippen LogP contribution in [0.5, 0.6) is 0 Å². The minimum Gasteiger partial charge on any atom is -0.390 e. The van der Waals surface area contributed by atoms with E-state index in [0.29, 0.717) is 40.8 Å². The first kappa shape index (κ1) is 21.4. The maximum Gasteiger partial charge on any atom is 0.166 e. The third-order valence-electron chi connectivity index (χ3n) is 6.85. The topological polar surface area (TPSA) is 113 Å². The first-order valence-corrected chi connectivity index (χ1v) is 11.5. The number of hydrogen-bond acceptors (Lipinski definition) is 6. The molecule has 0 atom stereocenters. The first-order valence-electron chi connectivity index (χ1n) is 11.5. The summed E-state index contributed by atoms with van der Waals surface area (Å²) in [6, 6.07) is 22.1. The van der Waals surface area contributed by atoms with Gasteiger partial charge in [-0.2, -0.15) is 14.9 Å². The van der Waals surface area contributed by atoms with Crippen LogP contribution in [-0.4, -0.2) is 30.3 Å². The minimum atomic E-state index is -0.725. The van der Waals surface area contributed by atoms with Crippen molar-refractivity contribution < 1.29 is 5.11 Å². The summed E-state index contributed by atoms with van der Waals surface area (Å²) < 4.78 is 1.70. The number of fused-ring (bicyclic) bond motifs is 3. The lowest BCUT2D eigenvalue weighted by Gasteiger charge is -2.49. The van der Waals surface area contributed by atoms with Crippen LogP contribution in [0.15, 0.2) is 66.9 Å². The van der Waals surface area contributed by atoms with E-state index in [0.717, 1.165) is 27.9 Å². The van der Waals surface area contributed by atoms with Gasteiger partial charge in [-0.15, -0.1) is 0 Å². The third kappa shape index (κ3) is 3.38. The number of nitrogens with two attached hydrogens (primary N) is 1. The van der Waals surface area contributed by atoms with Crippen molar-refractivity contribution in [1.82, 2.24) is 19.6 Å². The maximum absolute atomic E-state index is 10.3. The number of nitrogens with zero attached hydrogens (tertiary/aromatic N) is 5. The summed E-state index contributed by atoms with van der Waals surface area (Å²) in [5, 5.41) is 25.7. The Bertz CT molecular complexity index is 1640. The van der Waals surface area contributed by atoms with Gasteiger partial charge in [-0.05, 0) is 37.8 Å². The number of hydrogen-bond donors (Lipinski definition) is 2. The number of aromatic nitrogens is 4. The van der Waals surface area contributed by atoms with Gasteiger partial charge in [0.05, 0.1) is 27.9 Å². The van der Waals surface area contributed by atoms with Crippen molar-refractivity contribution >= 4 is 16.7 Å². The average molecular weight is 461 g/mol. The monoisotopic (exact) mass is 460 g/mol. The molecular formula is C28H24N6O. The highest BCUT2D eigenvalue weighted by atomic mass is 16.3. The molecule has 3 aromatic heterocycles. The van der Waals surface area contributed by atoms with E-state index in [2.05, 4.69) is 16.2 Å². The molecule has 5 aromatic rings. The van der Waals surface area contributed by atoms with E-state index in [-0.39, 0.29) is 0 Å². The zero-order valence-electron chi connectivity index (χ0n) is 19.5. The molecule has 172 valence electrons. The van der Waals surface area contributed by atoms with Crippen LogP contribution in [0.3, 0.4) is 0 Å². The van der Waals surface area contributed by atoms with Gasteiger partial charge in [0.2, 0.25) is 0 Å². The molecule has 0 bridgehead atoms. The lowest BCUT2D eigenvalue weighted by molar-refractivity contribution is -0.0738. The van der Waals surface area contributed by atoms with Crippen molar-refractivity contribution in [3.05, 3.63) is 83.7 Å². The lowest BCUT2D eigenvalue weighted by Crippen LogP contribution is -2.58. The molecule has 7 nitrogen and oxygen atoms in total. The highest BCUT2D eigenvalue weighted by Gasteiger charge is 2.49. The van der Waals surface area contributed by atoms with Crippen molar-refractivity contribution in [3.63, 3.8) is 0 Å². The summed E-state index contributed by atoms with van der Waals surface area (Å²) in [7, 11) is 0. The highest BCUT2D eigenvalue weighted by Crippen LogP contribution is 2.46. The predicted molar refractivity (Wildman–Crippen MR) is 134 cm³/mol. The molecule has 0 amide bonds. The number of rotatable bonds is 3. The van der Waals surface area contributed by atoms with E-state index in [1.165, 1.54) is 0 Å². The molecule has 0 unspecified atom stereocenters. The SMILES string of the molecule is Cc1cc2ncc3c(C#N)c(-c4ccccc4)c(-c4ccc(C5(N)CC(C)(O)C5)cc4)nc3n2n1. The van der Waals surface area contributed by atoms with Crippen LogP contribution in [-0.2, 0) is 5.54 Å². The fourth-order valence-corrected chi connectivity index (χ4v) is 5.42. The van der Waals surface area contributed by atoms with Crippen LogP contribution in [0.25, 0.3) is 39.1 Å². The number of pyridine rings is 1. The highest BCUT2D eigenvalue weighted by molar-refractivity contribution is 5.97. The Balaban J connectivity index is 1.61. The molecule has 6 rings (SSSR count). The molecule has 0 radical (unpaired) electrons. The third-order valence-corrected chi connectivity index (χ3v) is 6.85. The molecule has 1 aliphatic rings. The van der Waals surface area contributed by atoms with Gasteiger partial charge in [0.15, 0.2) is 11.3 Å². The molecule has 0 aliphatic heterocycles. The molecule has 1 fully saturated rings. The van der Waals surface area contributed by atoms with E-state index in [1.807, 2.05) is 74.5 Å². The second kappa shape index (κ2) is 7.44. The maximum atomic E-state index is 10.3. The largest absolute Gasteiger partial charge is 0.390 e. The molecule has 3 heterocycles. The summed E-state index contributed by atoms with van der Waals surface area (Å²) in [4.78, 5) is 9.58. The van der Waals surface area contributed by atoms with Crippen LogP contribution >= 0.6 is 0 Å². The van der Waals surface area contributed by atoms with E-state index in [4.69, 9.17) is 10.7 Å². The van der Waals surface area contributed by atoms with Crippen LogP contribution in [0.4, 0.5) is 0 Å². The van der Waals surface area contributed by atoms with Crippen LogP contribution < -0.4 is 5.73 Å². The normalized spacial score (nSPS) is 21.7. The second-order valence-corrected chi connectivity index (χ2v) is 9.82. The molecular weight excluding hydrogens is 436 g/mol. The standard InChI is InChI=1S/C28H24N6O/c1-17-12-23-31-14-22-21(13-29)24(18-6-4-3-5-7-18)25(32-26(22)34(23)33-17)19-8-10-20(11-9-19)28(30)15-27(2,35)16-28/h3-12,14,35H,15-16,30H2,1-2H3. The number of aryl methyl sites for hydroxylation is 1. The molecule has 7 heteroatoms. The Morgan fingerprint density at radius 3 is 2.43 bits per heavy atom. The Labute approximate surface area is 202 Å². The van der Waals surface area contributed by atoms with Crippen molar-refractivity contribution in [2.45, 2.75) is 37.8 Å². The van der Waals surface area contributed by atoms with E-state index < -0.39 is 11.1 Å². The van der Waals surface area contributed by atoms with Gasteiger partial charge >= 0.3 is 0 Å². The second-order valence-electron chi connectivity index (χ2n) is 9.82. The number of aliphatic hydroxyl groups is 1. The van der Waals surface area contributed by atoms with Crippen molar-refractivity contribution in [3.8, 4) is 28.5 Å². The predicted octanol–water partition coefficient (Wildman–Crippen LogP) is 4.49. The summed E-state index contributed by atoms with van der Waals surface area (Å²) in [6.07, 6.45) is 2.74. The van der Waals surface area contributed by atoms with Crippen LogP contribution in [0.2, 0.25) is 0 Å². The molecule has 2 aromatic carbocycles. The smallest absolute Gasteiger partial charge is 0.166 e. The van der Waals surface area contributed by atoms with Gasteiger partial charge in [-0.25, -0.2) is 9.97 Å². The Kier molecular flexibility index (Phi) is 4.55. The van der Waals surface area contributed by atoms with E-state index in [9.17, 15) is 10.4 Å². The summed E-state index contributed by atoms with van der Waals surface area (Å²) in [5.74, 6) is 0. The van der Waals surface area contributed by atoms with Crippen molar-refractivity contribution in [2.24, 2.45) is 5.73 Å². The van der Waals surface area contributed by atoms with Gasteiger partial charge in [0.25, 0.3) is 0 Å². The summed E-state index contributed by atoms with van der Waals surface area (Å²) in [5.41, 5.74) is 12.1. The first-order chi connectivity index (χ1) is 16.8. The Morgan fingerprint density at radius 2 is 1.77 bits per heavy atom.